The van der Waals surface area contributed by atoms with Gasteiger partial charge < -0.3 is 10.0 Å². The van der Waals surface area contributed by atoms with Gasteiger partial charge in [0.1, 0.15) is 12.6 Å². The van der Waals surface area contributed by atoms with E-state index >= 15 is 0 Å². The molecule has 16 heavy (non-hydrogen) atoms. The van der Waals surface area contributed by atoms with E-state index in [0.29, 0.717) is 11.1 Å². The molecule has 1 unspecified atom stereocenters. The number of halogens is 2. The predicted octanol–water partition coefficient (Wildman–Crippen LogP) is 1.53. The Morgan fingerprint density at radius 3 is 2.88 bits per heavy atom. The van der Waals surface area contributed by atoms with E-state index in [2.05, 4.69) is 0 Å². The first-order chi connectivity index (χ1) is 7.70. The van der Waals surface area contributed by atoms with Crippen molar-refractivity contribution >= 4 is 23.2 Å². The monoisotopic (exact) mass is 260 g/mol. The number of benzene rings is 1. The molecule has 0 bridgehead atoms. The molecule has 1 aliphatic rings. The number of aliphatic hydroxyl groups is 1. The van der Waals surface area contributed by atoms with Gasteiger partial charge in [0.05, 0.1) is 18.2 Å². The quantitative estimate of drug-likeness (QED) is 0.847. The first-order valence-corrected chi connectivity index (χ1v) is 6.35. The van der Waals surface area contributed by atoms with Crippen molar-refractivity contribution in [1.29, 1.82) is 0 Å². The van der Waals surface area contributed by atoms with Crippen LogP contribution in [0.15, 0.2) is 18.2 Å². The zero-order valence-corrected chi connectivity index (χ0v) is 10.6. The Balaban J connectivity index is 2.08. The first-order valence-electron chi connectivity index (χ1n) is 5.60. The molecule has 0 spiro atoms. The van der Waals surface area contributed by atoms with Crippen molar-refractivity contribution in [3.8, 4) is 0 Å². The van der Waals surface area contributed by atoms with E-state index in [1.54, 1.807) is 6.07 Å². The van der Waals surface area contributed by atoms with Crippen LogP contribution in [0.1, 0.15) is 18.4 Å². The molecular weight excluding hydrogens is 245 g/mol. The van der Waals surface area contributed by atoms with E-state index < -0.39 is 0 Å². The molecule has 1 fully saturated rings. The van der Waals surface area contributed by atoms with Gasteiger partial charge in [-0.15, -0.1) is 0 Å². The number of hydrogen-bond acceptors (Lipinski definition) is 1. The molecule has 1 aromatic rings. The van der Waals surface area contributed by atoms with Crippen LogP contribution >= 0.6 is 23.2 Å². The van der Waals surface area contributed by atoms with Crippen LogP contribution in [0.3, 0.4) is 0 Å². The second kappa shape index (κ2) is 5.37. The fourth-order valence-corrected chi connectivity index (χ4v) is 2.82. The fourth-order valence-electron chi connectivity index (χ4n) is 2.35. The lowest BCUT2D eigenvalue weighted by atomic mass is 10.2. The normalized spacial score (nSPS) is 24.9. The second-order valence-electron chi connectivity index (χ2n) is 4.34. The number of aliphatic hydroxyl groups excluding tert-OH is 1. The topological polar surface area (TPSA) is 24.7 Å². The molecule has 2 rings (SSSR count). The third-order valence-electron chi connectivity index (χ3n) is 3.28. The molecule has 88 valence electrons. The maximum atomic E-state index is 9.25. The molecule has 1 aliphatic heterocycles. The predicted molar refractivity (Wildman–Crippen MR) is 66.1 cm³/mol. The highest BCUT2D eigenvalue weighted by Crippen LogP contribution is 2.20. The summed E-state index contributed by atoms with van der Waals surface area (Å²) in [5.41, 5.74) is 1.11. The van der Waals surface area contributed by atoms with Crippen molar-refractivity contribution in [2.75, 3.05) is 13.2 Å². The maximum absolute atomic E-state index is 9.25. The van der Waals surface area contributed by atoms with Crippen LogP contribution in [0.2, 0.25) is 10.0 Å². The Morgan fingerprint density at radius 2 is 2.19 bits per heavy atom. The van der Waals surface area contributed by atoms with Gasteiger partial charge in [0.2, 0.25) is 0 Å². The SMILES string of the molecule is OC[C@@H]1CCC[NH+]1Cc1ccc(Cl)cc1Cl. The van der Waals surface area contributed by atoms with Crippen LogP contribution < -0.4 is 4.90 Å². The standard InChI is InChI=1S/C12H15Cl2NO/c13-10-4-3-9(12(14)6-10)7-15-5-1-2-11(15)8-16/h3-4,6,11,16H,1-2,5,7-8H2/p+1/t11-/m0/s1. The Kier molecular flexibility index (Phi) is 4.09. The summed E-state index contributed by atoms with van der Waals surface area (Å²) in [5.74, 6) is 0. The molecule has 0 amide bonds. The Bertz CT molecular complexity index is 370. The molecule has 2 nitrogen and oxygen atoms in total. The minimum Gasteiger partial charge on any atom is -0.390 e. The highest BCUT2D eigenvalue weighted by molar-refractivity contribution is 6.35. The third-order valence-corrected chi connectivity index (χ3v) is 3.87. The van der Waals surface area contributed by atoms with E-state index in [0.717, 1.165) is 30.1 Å². The summed E-state index contributed by atoms with van der Waals surface area (Å²) in [7, 11) is 0. The summed E-state index contributed by atoms with van der Waals surface area (Å²) < 4.78 is 0. The maximum Gasteiger partial charge on any atom is 0.111 e. The second-order valence-corrected chi connectivity index (χ2v) is 5.19. The van der Waals surface area contributed by atoms with Gasteiger partial charge in [0.25, 0.3) is 0 Å². The van der Waals surface area contributed by atoms with Crippen molar-refractivity contribution in [2.24, 2.45) is 0 Å². The number of hydrogen-bond donors (Lipinski definition) is 2. The number of rotatable bonds is 3. The van der Waals surface area contributed by atoms with Crippen LogP contribution in [0.4, 0.5) is 0 Å². The van der Waals surface area contributed by atoms with Crippen molar-refractivity contribution in [2.45, 2.75) is 25.4 Å². The minimum atomic E-state index is 0.264. The molecule has 0 aliphatic carbocycles. The molecule has 0 aromatic heterocycles. The number of quaternary nitrogens is 1. The highest BCUT2D eigenvalue weighted by Gasteiger charge is 2.28. The van der Waals surface area contributed by atoms with E-state index in [4.69, 9.17) is 23.2 Å². The summed E-state index contributed by atoms with van der Waals surface area (Å²) in [6.45, 7) is 2.26. The van der Waals surface area contributed by atoms with Gasteiger partial charge in [-0.1, -0.05) is 29.3 Å². The lowest BCUT2D eigenvalue weighted by molar-refractivity contribution is -0.926. The zero-order valence-electron chi connectivity index (χ0n) is 9.05. The van der Waals surface area contributed by atoms with Crippen LogP contribution in [-0.2, 0) is 6.54 Å². The van der Waals surface area contributed by atoms with Gasteiger partial charge in [-0.3, -0.25) is 0 Å². The third kappa shape index (κ3) is 2.69. The summed E-state index contributed by atoms with van der Waals surface area (Å²) >= 11 is 12.0. The van der Waals surface area contributed by atoms with Crippen LogP contribution in [0, 0.1) is 0 Å². The molecule has 2 N–H and O–H groups in total. The van der Waals surface area contributed by atoms with Gasteiger partial charge in [-0.2, -0.15) is 0 Å². The zero-order chi connectivity index (χ0) is 11.5. The summed E-state index contributed by atoms with van der Waals surface area (Å²) in [6, 6.07) is 5.99. The molecule has 2 atom stereocenters. The Labute approximate surface area is 106 Å². The van der Waals surface area contributed by atoms with Gasteiger partial charge in [-0.05, 0) is 12.1 Å². The van der Waals surface area contributed by atoms with Crippen molar-refractivity contribution < 1.29 is 10.0 Å². The molecule has 1 saturated heterocycles. The van der Waals surface area contributed by atoms with Gasteiger partial charge in [0.15, 0.2) is 0 Å². The molecule has 1 aromatic carbocycles. The van der Waals surface area contributed by atoms with Gasteiger partial charge in [0, 0.05) is 23.4 Å². The lowest BCUT2D eigenvalue weighted by Crippen LogP contribution is -3.12. The molecule has 4 heteroatoms. The smallest absolute Gasteiger partial charge is 0.111 e. The molecule has 0 radical (unpaired) electrons. The van der Waals surface area contributed by atoms with E-state index in [1.807, 2.05) is 12.1 Å². The molecule has 0 saturated carbocycles. The summed E-state index contributed by atoms with van der Waals surface area (Å²) in [5, 5.41) is 10.6. The van der Waals surface area contributed by atoms with Crippen LogP contribution in [0.5, 0.6) is 0 Å². The average molecular weight is 261 g/mol. The van der Waals surface area contributed by atoms with Gasteiger partial charge >= 0.3 is 0 Å². The Hall–Kier alpha value is -0.280. The van der Waals surface area contributed by atoms with Crippen LogP contribution in [-0.4, -0.2) is 24.3 Å². The largest absolute Gasteiger partial charge is 0.390 e. The van der Waals surface area contributed by atoms with Crippen LogP contribution in [0.25, 0.3) is 0 Å². The van der Waals surface area contributed by atoms with E-state index in [9.17, 15) is 5.11 Å². The summed E-state index contributed by atoms with van der Waals surface area (Å²) in [4.78, 5) is 1.42. The average Bonchev–Trinajstić information content (AvgIpc) is 2.69. The summed E-state index contributed by atoms with van der Waals surface area (Å²) in [6.07, 6.45) is 2.29. The minimum absolute atomic E-state index is 0.264. The molecular formula is C12H16Cl2NO+. The lowest BCUT2D eigenvalue weighted by Gasteiger charge is -2.20. The van der Waals surface area contributed by atoms with E-state index in [1.165, 1.54) is 11.3 Å². The Morgan fingerprint density at radius 1 is 1.38 bits per heavy atom. The van der Waals surface area contributed by atoms with Crippen molar-refractivity contribution in [1.82, 2.24) is 0 Å². The van der Waals surface area contributed by atoms with Crippen molar-refractivity contribution in [3.05, 3.63) is 33.8 Å². The first kappa shape index (κ1) is 12.2. The number of likely N-dealkylation sites (tertiary alicyclic amines) is 1. The van der Waals surface area contributed by atoms with E-state index in [-0.39, 0.29) is 6.61 Å². The highest BCUT2D eigenvalue weighted by atomic mass is 35.5. The molecule has 1 heterocycles. The van der Waals surface area contributed by atoms with Gasteiger partial charge in [-0.25, -0.2) is 0 Å². The number of nitrogens with one attached hydrogen (secondary N) is 1. The fraction of sp³-hybridized carbons (Fsp3) is 0.500. The van der Waals surface area contributed by atoms with Crippen molar-refractivity contribution in [3.63, 3.8) is 0 Å².